The lowest BCUT2D eigenvalue weighted by atomic mass is 9.98. The Morgan fingerprint density at radius 2 is 1.67 bits per heavy atom. The number of nitrogens with one attached hydrogen (secondary N) is 1. The van der Waals surface area contributed by atoms with E-state index in [2.05, 4.69) is 15.9 Å². The molecule has 0 aliphatic carbocycles. The second kappa shape index (κ2) is 15.0. The molecule has 2 amide bonds. The molecule has 2 heterocycles. The number of aromatic nitrogens is 2. The standard InChI is InChI=1S/C35H31ClN4O5S.C2H6/c1-4-45-35(43)32-31(36)22(3)40(37-32)30-14-12-25(19-29(30)34(42)39-16-15-23-7-5-6-8-26(23)20-39)33(41)38-46(44)28-13-11-24-10-9-21(2)17-27(24)18-28;1-2/h5-14,17-19H,4,15-16,20H2,1-3H3,(H,38,41);1-2H3. The highest BCUT2D eigenvalue weighted by atomic mass is 35.5. The molecule has 5 aromatic rings. The second-order valence-corrected chi connectivity index (χ2v) is 12.7. The normalized spacial score (nSPS) is 12.8. The predicted molar refractivity (Wildman–Crippen MR) is 188 cm³/mol. The minimum Gasteiger partial charge on any atom is -0.461 e. The van der Waals surface area contributed by atoms with Gasteiger partial charge in [-0.25, -0.2) is 13.7 Å². The molecule has 248 valence electrons. The SMILES string of the molecule is CC.CCOC(=O)c1nn(-c2ccc(C(=O)NS(=O)c3ccc4ccc(C)cc4c3)cc2C(=O)N2CCc3ccccc3C2)c(C)c1Cl. The van der Waals surface area contributed by atoms with Crippen molar-refractivity contribution in [3.63, 3.8) is 0 Å². The number of nitrogens with zero attached hydrogens (tertiary/aromatic N) is 3. The van der Waals surface area contributed by atoms with E-state index in [1.165, 1.54) is 22.4 Å². The Kier molecular flexibility index (Phi) is 10.8. The number of halogens is 1. The number of carbonyl (C=O) groups excluding carboxylic acids is 3. The molecule has 9 nitrogen and oxygen atoms in total. The van der Waals surface area contributed by atoms with Crippen molar-refractivity contribution in [1.29, 1.82) is 0 Å². The minimum atomic E-state index is -1.86. The Hall–Kier alpha value is -4.80. The zero-order valence-corrected chi connectivity index (χ0v) is 29.1. The van der Waals surface area contributed by atoms with Gasteiger partial charge in [0.05, 0.1) is 33.5 Å². The fraction of sp³-hybridized carbons (Fsp3) is 0.243. The number of carbonyl (C=O) groups is 3. The van der Waals surface area contributed by atoms with Crippen LogP contribution in [0.25, 0.3) is 16.5 Å². The first-order valence-electron chi connectivity index (χ1n) is 15.8. The average molecular weight is 685 g/mol. The van der Waals surface area contributed by atoms with Crippen molar-refractivity contribution < 1.29 is 23.3 Å². The first kappa shape index (κ1) is 34.5. The largest absolute Gasteiger partial charge is 0.461 e. The van der Waals surface area contributed by atoms with Gasteiger partial charge in [-0.15, -0.1) is 0 Å². The van der Waals surface area contributed by atoms with Crippen molar-refractivity contribution in [2.45, 2.75) is 52.5 Å². The molecule has 0 spiro atoms. The van der Waals surface area contributed by atoms with Crippen LogP contribution in [0.1, 0.15) is 74.4 Å². The Morgan fingerprint density at radius 3 is 2.42 bits per heavy atom. The third-order valence-corrected chi connectivity index (χ3v) is 9.52. The Labute approximate surface area is 287 Å². The summed E-state index contributed by atoms with van der Waals surface area (Å²) in [6, 6.07) is 23.9. The molecule has 1 atom stereocenters. The molecule has 48 heavy (non-hydrogen) atoms. The molecule has 1 N–H and O–H groups in total. The van der Waals surface area contributed by atoms with Crippen LogP contribution in [0.15, 0.2) is 83.8 Å². The molecular formula is C37H37ClN4O5S. The van der Waals surface area contributed by atoms with Crippen molar-refractivity contribution in [3.05, 3.63) is 123 Å². The van der Waals surface area contributed by atoms with Crippen molar-refractivity contribution >= 4 is 51.1 Å². The number of amides is 2. The molecule has 4 aromatic carbocycles. The highest BCUT2D eigenvalue weighted by Crippen LogP contribution is 2.29. The van der Waals surface area contributed by atoms with Crippen LogP contribution in [-0.2, 0) is 28.7 Å². The van der Waals surface area contributed by atoms with E-state index in [9.17, 15) is 18.6 Å². The van der Waals surface area contributed by atoms with Gasteiger partial charge in [0, 0.05) is 18.7 Å². The number of esters is 1. The number of rotatable bonds is 7. The fourth-order valence-electron chi connectivity index (χ4n) is 5.58. The van der Waals surface area contributed by atoms with Gasteiger partial charge >= 0.3 is 5.97 Å². The van der Waals surface area contributed by atoms with Crippen molar-refractivity contribution in [1.82, 2.24) is 19.4 Å². The number of benzene rings is 4. The third kappa shape index (κ3) is 7.05. The summed E-state index contributed by atoms with van der Waals surface area (Å²) in [7, 11) is -1.86. The monoisotopic (exact) mass is 684 g/mol. The van der Waals surface area contributed by atoms with E-state index in [1.807, 2.05) is 63.2 Å². The van der Waals surface area contributed by atoms with E-state index < -0.39 is 22.9 Å². The lowest BCUT2D eigenvalue weighted by Crippen LogP contribution is -2.36. The van der Waals surface area contributed by atoms with E-state index in [4.69, 9.17) is 16.3 Å². The lowest BCUT2D eigenvalue weighted by Gasteiger charge is -2.29. The Morgan fingerprint density at radius 1 is 0.938 bits per heavy atom. The molecule has 11 heteroatoms. The first-order chi connectivity index (χ1) is 23.1. The van der Waals surface area contributed by atoms with Gasteiger partial charge in [-0.1, -0.05) is 79.5 Å². The van der Waals surface area contributed by atoms with E-state index in [1.54, 1.807) is 36.9 Å². The van der Waals surface area contributed by atoms with Crippen LogP contribution in [0, 0.1) is 13.8 Å². The third-order valence-electron chi connectivity index (χ3n) is 8.01. The molecule has 1 aliphatic rings. The van der Waals surface area contributed by atoms with Crippen LogP contribution in [0.3, 0.4) is 0 Å². The van der Waals surface area contributed by atoms with Gasteiger partial charge in [0.2, 0.25) is 0 Å². The van der Waals surface area contributed by atoms with E-state index in [0.29, 0.717) is 35.8 Å². The lowest BCUT2D eigenvalue weighted by molar-refractivity contribution is 0.0518. The zero-order chi connectivity index (χ0) is 34.5. The Balaban J connectivity index is 0.00000221. The van der Waals surface area contributed by atoms with Crippen molar-refractivity contribution in [3.8, 4) is 5.69 Å². The number of hydrogen-bond donors (Lipinski definition) is 1. The van der Waals surface area contributed by atoms with E-state index in [-0.39, 0.29) is 34.4 Å². The first-order valence-corrected chi connectivity index (χ1v) is 17.3. The molecule has 6 rings (SSSR count). The summed E-state index contributed by atoms with van der Waals surface area (Å²) in [4.78, 5) is 42.4. The van der Waals surface area contributed by atoms with Crippen LogP contribution in [0.4, 0.5) is 0 Å². The summed E-state index contributed by atoms with van der Waals surface area (Å²) in [5.74, 6) is -1.62. The van der Waals surface area contributed by atoms with Gasteiger partial charge in [0.15, 0.2) is 16.7 Å². The number of aryl methyl sites for hydroxylation is 1. The molecule has 1 aliphatic heterocycles. The maximum absolute atomic E-state index is 14.2. The molecule has 0 fully saturated rings. The highest BCUT2D eigenvalue weighted by Gasteiger charge is 2.28. The number of fused-ring (bicyclic) bond motifs is 2. The summed E-state index contributed by atoms with van der Waals surface area (Å²) in [5.41, 5.74) is 4.29. The predicted octanol–water partition coefficient (Wildman–Crippen LogP) is 7.15. The van der Waals surface area contributed by atoms with Crippen molar-refractivity contribution in [2.75, 3.05) is 13.2 Å². The molecule has 0 bridgehead atoms. The maximum atomic E-state index is 14.2. The summed E-state index contributed by atoms with van der Waals surface area (Å²) in [6.45, 7) is 10.4. The fourth-order valence-corrected chi connectivity index (χ4v) is 6.61. The van der Waals surface area contributed by atoms with Gasteiger partial charge < -0.3 is 9.64 Å². The van der Waals surface area contributed by atoms with Gasteiger partial charge in [-0.05, 0) is 79.4 Å². The smallest absolute Gasteiger partial charge is 0.360 e. The van der Waals surface area contributed by atoms with Gasteiger partial charge in [-0.2, -0.15) is 5.10 Å². The zero-order valence-electron chi connectivity index (χ0n) is 27.5. The van der Waals surface area contributed by atoms with Crippen LogP contribution < -0.4 is 4.72 Å². The van der Waals surface area contributed by atoms with Crippen molar-refractivity contribution in [2.24, 2.45) is 0 Å². The van der Waals surface area contributed by atoms with E-state index >= 15 is 0 Å². The quantitative estimate of drug-likeness (QED) is 0.182. The highest BCUT2D eigenvalue weighted by molar-refractivity contribution is 7.83. The summed E-state index contributed by atoms with van der Waals surface area (Å²) >= 11 is 6.50. The summed E-state index contributed by atoms with van der Waals surface area (Å²) in [5, 5.41) is 6.42. The molecule has 1 unspecified atom stereocenters. The van der Waals surface area contributed by atoms with Crippen LogP contribution >= 0.6 is 11.6 Å². The number of hydrogen-bond acceptors (Lipinski definition) is 6. The molecule has 0 saturated heterocycles. The van der Waals surface area contributed by atoms with Gasteiger partial charge in [0.1, 0.15) is 0 Å². The summed E-state index contributed by atoms with van der Waals surface area (Å²) < 4.78 is 22.4. The second-order valence-electron chi connectivity index (χ2n) is 11.1. The number of ether oxygens (including phenoxy) is 1. The van der Waals surface area contributed by atoms with E-state index in [0.717, 1.165) is 21.9 Å². The van der Waals surface area contributed by atoms with Crippen LogP contribution in [-0.4, -0.2) is 49.8 Å². The maximum Gasteiger partial charge on any atom is 0.360 e. The van der Waals surface area contributed by atoms with Crippen LogP contribution in [0.2, 0.25) is 5.02 Å². The van der Waals surface area contributed by atoms with Gasteiger partial charge in [0.25, 0.3) is 11.8 Å². The summed E-state index contributed by atoms with van der Waals surface area (Å²) in [6.07, 6.45) is 0.682. The van der Waals surface area contributed by atoms with Gasteiger partial charge in [-0.3, -0.25) is 14.3 Å². The average Bonchev–Trinajstić information content (AvgIpc) is 3.41. The minimum absolute atomic E-state index is 0.0749. The molecular weight excluding hydrogens is 648 g/mol. The Bertz CT molecular complexity index is 2060. The molecule has 1 aromatic heterocycles. The molecule has 0 saturated carbocycles. The molecule has 0 radical (unpaired) electrons. The van der Waals surface area contributed by atoms with Crippen LogP contribution in [0.5, 0.6) is 0 Å². The topological polar surface area (TPSA) is 111 Å².